The molecule has 1 rings (SSSR count). The van der Waals surface area contributed by atoms with Crippen LogP contribution in [0.25, 0.3) is 0 Å². The fourth-order valence-corrected chi connectivity index (χ4v) is 4.48. The molecule has 0 aliphatic carbocycles. The summed E-state index contributed by atoms with van der Waals surface area (Å²) >= 11 is 0. The van der Waals surface area contributed by atoms with Gasteiger partial charge in [-0.05, 0) is 20.3 Å². The van der Waals surface area contributed by atoms with Crippen LogP contribution in [0.2, 0.25) is 0 Å². The van der Waals surface area contributed by atoms with Crippen LogP contribution in [0.3, 0.4) is 0 Å². The average Bonchev–Trinajstić information content (AvgIpc) is 2.83. The molecule has 1 fully saturated rings. The van der Waals surface area contributed by atoms with Gasteiger partial charge in [0.25, 0.3) is 17.5 Å². The summed E-state index contributed by atoms with van der Waals surface area (Å²) in [6.45, 7) is 4.14. The van der Waals surface area contributed by atoms with E-state index in [1.54, 1.807) is 0 Å². The average molecular weight is 533 g/mol. The highest BCUT2D eigenvalue weighted by Gasteiger charge is 2.64. The minimum atomic E-state index is -3.20. The minimum Gasteiger partial charge on any atom is -0.391 e. The molecule has 1 unspecified atom stereocenters. The van der Waals surface area contributed by atoms with Gasteiger partial charge >= 0.3 is 0 Å². The van der Waals surface area contributed by atoms with Gasteiger partial charge in [-0.2, -0.15) is 4.89 Å². The van der Waals surface area contributed by atoms with Crippen molar-refractivity contribution in [2.75, 3.05) is 0 Å². The molecule has 11 heteroatoms. The summed E-state index contributed by atoms with van der Waals surface area (Å²) in [6, 6.07) is 0. The second-order valence-electron chi connectivity index (χ2n) is 10.3. The first kappa shape index (κ1) is 33.4. The molecule has 0 radical (unpaired) electrons. The number of hydroxylamine groups is 2. The number of amides is 2. The summed E-state index contributed by atoms with van der Waals surface area (Å²) in [5.74, 6) is -3.82. The van der Waals surface area contributed by atoms with Crippen LogP contribution in [-0.4, -0.2) is 72.7 Å². The number of Topliss-reactive ketones (excluding diaryl/α,β-unsaturated/α-hetero) is 1. The van der Waals surface area contributed by atoms with Gasteiger partial charge in [0, 0.05) is 6.42 Å². The zero-order chi connectivity index (χ0) is 28.1. The number of aliphatic hydroxyl groups excluding tert-OH is 3. The van der Waals surface area contributed by atoms with Gasteiger partial charge in [-0.15, -0.1) is 10.1 Å². The van der Waals surface area contributed by atoms with Crippen molar-refractivity contribution in [3.8, 4) is 0 Å². The van der Waals surface area contributed by atoms with Crippen LogP contribution in [0.5, 0.6) is 0 Å². The molecular formula is C26H48N2O9. The van der Waals surface area contributed by atoms with Crippen molar-refractivity contribution in [3.05, 3.63) is 0 Å². The Hall–Kier alpha value is -1.63. The minimum absolute atomic E-state index is 0.0465. The lowest BCUT2D eigenvalue weighted by molar-refractivity contribution is -0.602. The van der Waals surface area contributed by atoms with Crippen LogP contribution in [0, 0.1) is 0 Å². The lowest BCUT2D eigenvalue weighted by Crippen LogP contribution is -2.75. The second-order valence-corrected chi connectivity index (χ2v) is 10.3. The Morgan fingerprint density at radius 1 is 0.865 bits per heavy atom. The van der Waals surface area contributed by atoms with Crippen LogP contribution >= 0.6 is 0 Å². The van der Waals surface area contributed by atoms with Gasteiger partial charge in [0.15, 0.2) is 5.78 Å². The van der Waals surface area contributed by atoms with E-state index in [9.17, 15) is 34.8 Å². The molecule has 5 atom stereocenters. The highest BCUT2D eigenvalue weighted by atomic mass is 17.4. The topological polar surface area (TPSA) is 180 Å². The highest BCUT2D eigenvalue weighted by Crippen LogP contribution is 2.37. The first-order chi connectivity index (χ1) is 17.5. The van der Waals surface area contributed by atoms with Crippen molar-refractivity contribution in [1.82, 2.24) is 5.06 Å². The number of unbranched alkanes of at least 4 members (excludes halogenated alkanes) is 13. The monoisotopic (exact) mass is 532 g/mol. The number of primary amides is 1. The van der Waals surface area contributed by atoms with Crippen LogP contribution in [-0.2, 0) is 24.3 Å². The van der Waals surface area contributed by atoms with E-state index in [-0.39, 0.29) is 6.42 Å². The molecule has 2 amide bonds. The molecule has 0 aromatic heterocycles. The Morgan fingerprint density at radius 3 is 1.62 bits per heavy atom. The molecule has 0 aromatic carbocycles. The van der Waals surface area contributed by atoms with Gasteiger partial charge in [-0.1, -0.05) is 90.4 Å². The van der Waals surface area contributed by atoms with Gasteiger partial charge in [0.05, 0.1) is 6.10 Å². The van der Waals surface area contributed by atoms with Crippen molar-refractivity contribution in [3.63, 3.8) is 0 Å². The van der Waals surface area contributed by atoms with Crippen molar-refractivity contribution in [2.24, 2.45) is 5.73 Å². The fraction of sp³-hybridized carbons (Fsp3) is 0.885. The molecule has 1 aliphatic heterocycles. The van der Waals surface area contributed by atoms with Crippen LogP contribution in [0.4, 0.5) is 0 Å². The summed E-state index contributed by atoms with van der Waals surface area (Å²) in [5, 5.41) is 40.8. The summed E-state index contributed by atoms with van der Waals surface area (Å²) in [5.41, 5.74) is 0.202. The van der Waals surface area contributed by atoms with E-state index in [1.807, 2.05) is 0 Å². The van der Waals surface area contributed by atoms with Gasteiger partial charge in [-0.3, -0.25) is 14.4 Å². The smallest absolute Gasteiger partial charge is 0.294 e. The first-order valence-corrected chi connectivity index (χ1v) is 13.7. The molecule has 11 nitrogen and oxygen atoms in total. The lowest BCUT2D eigenvalue weighted by atomic mass is 9.85. The molecule has 0 aromatic rings. The maximum absolute atomic E-state index is 13.0. The third-order valence-corrected chi connectivity index (χ3v) is 7.12. The van der Waals surface area contributed by atoms with Gasteiger partial charge in [0.1, 0.15) is 12.2 Å². The van der Waals surface area contributed by atoms with E-state index in [4.69, 9.17) is 10.6 Å². The van der Waals surface area contributed by atoms with Gasteiger partial charge < -0.3 is 26.2 Å². The predicted octanol–water partition coefficient (Wildman–Crippen LogP) is 2.17. The number of carbonyl (C=O) groups is 3. The Morgan fingerprint density at radius 2 is 1.30 bits per heavy atom. The quantitative estimate of drug-likeness (QED) is 0.0841. The van der Waals surface area contributed by atoms with Crippen molar-refractivity contribution in [1.29, 1.82) is 0 Å². The first-order valence-electron chi connectivity index (χ1n) is 13.7. The molecule has 0 bridgehead atoms. The molecule has 0 spiro atoms. The molecule has 216 valence electrons. The van der Waals surface area contributed by atoms with Crippen molar-refractivity contribution in [2.45, 2.75) is 147 Å². The second kappa shape index (κ2) is 16.4. The van der Waals surface area contributed by atoms with Crippen LogP contribution < -0.4 is 5.73 Å². The molecule has 0 saturated carbocycles. The predicted molar refractivity (Wildman–Crippen MR) is 135 cm³/mol. The number of hydrogen-bond acceptors (Lipinski definition) is 9. The molecule has 6 N–H and O–H groups in total. The van der Waals surface area contributed by atoms with Crippen molar-refractivity contribution < 1.29 is 44.7 Å². The number of ketones is 1. The number of hydrogen-bond donors (Lipinski definition) is 5. The Bertz CT molecular complexity index is 720. The highest BCUT2D eigenvalue weighted by molar-refractivity contribution is 6.10. The molecule has 1 aliphatic rings. The number of nitrogens with zero attached hydrogens (tertiary/aromatic N) is 1. The van der Waals surface area contributed by atoms with Crippen LogP contribution in [0.1, 0.15) is 117 Å². The normalized spacial score (nSPS) is 21.5. The van der Waals surface area contributed by atoms with Crippen molar-refractivity contribution >= 4 is 17.6 Å². The molecule has 1 saturated heterocycles. The number of carbonyl (C=O) groups excluding carboxylic acids is 3. The molecule has 37 heavy (non-hydrogen) atoms. The van der Waals surface area contributed by atoms with E-state index >= 15 is 0 Å². The van der Waals surface area contributed by atoms with E-state index in [1.165, 1.54) is 57.8 Å². The van der Waals surface area contributed by atoms with E-state index < -0.39 is 47.2 Å². The standard InChI is InChI=1S/C26H48N2O9/c1-4-5-6-7-8-9-10-11-12-13-14-15-16-17-18-25(23(27)33)28(37-36-25)24(34)26(35,20(3)30)22(32)21(31)19(2)29/h19,21-22,29,31-32,35H,4-18H2,1-3H3,(H2,27,33)/t19-,21-,22+,25?,26-/m1/s1. The van der Waals surface area contributed by atoms with E-state index in [0.29, 0.717) is 11.5 Å². The zero-order valence-corrected chi connectivity index (χ0v) is 22.7. The maximum atomic E-state index is 13.0. The molecule has 1 heterocycles. The summed E-state index contributed by atoms with van der Waals surface area (Å²) < 4.78 is 0. The Labute approximate surface area is 220 Å². The Balaban J connectivity index is 2.50. The fourth-order valence-electron chi connectivity index (χ4n) is 4.48. The number of nitrogens with two attached hydrogens (primary N) is 1. The number of rotatable bonds is 21. The maximum Gasteiger partial charge on any atom is 0.294 e. The molecular weight excluding hydrogens is 484 g/mol. The van der Waals surface area contributed by atoms with Gasteiger partial charge in [-0.25, -0.2) is 0 Å². The third kappa shape index (κ3) is 8.97. The van der Waals surface area contributed by atoms with Crippen LogP contribution in [0.15, 0.2) is 0 Å². The summed E-state index contributed by atoms with van der Waals surface area (Å²) in [7, 11) is 0. The SMILES string of the molecule is CCCCCCCCCCCCCCCCC1(C(N)=O)OON1C(=O)[C@@](O)(C(C)=O)[C@@H](O)[C@H](O)[C@@H](C)O. The largest absolute Gasteiger partial charge is 0.391 e. The summed E-state index contributed by atoms with van der Waals surface area (Å²) in [6.07, 6.45) is 9.76. The third-order valence-electron chi connectivity index (χ3n) is 7.12. The summed E-state index contributed by atoms with van der Waals surface area (Å²) in [4.78, 5) is 46.9. The number of aliphatic hydroxyl groups is 4. The zero-order valence-electron chi connectivity index (χ0n) is 22.7. The Kier molecular flexibility index (Phi) is 14.8. The van der Waals surface area contributed by atoms with E-state index in [0.717, 1.165) is 39.5 Å². The van der Waals surface area contributed by atoms with E-state index in [2.05, 4.69) is 11.9 Å². The van der Waals surface area contributed by atoms with Gasteiger partial charge in [0.2, 0.25) is 5.60 Å². The lowest BCUT2D eigenvalue weighted by Gasteiger charge is -2.48.